The molecule has 0 radical (unpaired) electrons. The van der Waals surface area contributed by atoms with Crippen LogP contribution in [-0.4, -0.2) is 30.3 Å². The van der Waals surface area contributed by atoms with E-state index in [4.69, 9.17) is 5.73 Å². The molecule has 18 heavy (non-hydrogen) atoms. The lowest BCUT2D eigenvalue weighted by Gasteiger charge is -2.47. The van der Waals surface area contributed by atoms with Gasteiger partial charge in [0.1, 0.15) is 0 Å². The molecule has 0 amide bonds. The van der Waals surface area contributed by atoms with E-state index in [1.165, 1.54) is 11.1 Å². The summed E-state index contributed by atoms with van der Waals surface area (Å²) in [7, 11) is 0. The second kappa shape index (κ2) is 4.34. The Morgan fingerprint density at radius 3 is 2.39 bits per heavy atom. The summed E-state index contributed by atoms with van der Waals surface area (Å²) in [5.74, 6) is 0. The first-order valence-electron chi connectivity index (χ1n) is 6.89. The number of β-amino-alcohol motifs (C(OH)–C–C–N with tert-alkyl or cyclic N) is 1. The van der Waals surface area contributed by atoms with Crippen LogP contribution in [0, 0.1) is 5.41 Å². The van der Waals surface area contributed by atoms with Crippen LogP contribution in [0.4, 0.5) is 0 Å². The zero-order valence-corrected chi connectivity index (χ0v) is 10.8. The molecule has 1 saturated heterocycles. The molecule has 3 nitrogen and oxygen atoms in total. The largest absolute Gasteiger partial charge is 0.388 e. The molecule has 1 aliphatic heterocycles. The van der Waals surface area contributed by atoms with Crippen molar-refractivity contribution in [2.24, 2.45) is 11.1 Å². The van der Waals surface area contributed by atoms with Crippen molar-refractivity contribution in [2.45, 2.75) is 31.3 Å². The van der Waals surface area contributed by atoms with Crippen molar-refractivity contribution < 1.29 is 5.11 Å². The SMILES string of the molecule is NCC1(C2(O)CCCNC2)Cc2ccccc2C1. The highest BCUT2D eigenvalue weighted by Crippen LogP contribution is 2.46. The van der Waals surface area contributed by atoms with Crippen LogP contribution < -0.4 is 11.1 Å². The van der Waals surface area contributed by atoms with Crippen LogP contribution in [0.25, 0.3) is 0 Å². The van der Waals surface area contributed by atoms with Gasteiger partial charge in [-0.05, 0) is 43.4 Å². The monoisotopic (exact) mass is 246 g/mol. The van der Waals surface area contributed by atoms with Crippen LogP contribution >= 0.6 is 0 Å². The maximum Gasteiger partial charge on any atom is 0.0846 e. The van der Waals surface area contributed by atoms with E-state index in [-0.39, 0.29) is 5.41 Å². The molecule has 1 aromatic carbocycles. The van der Waals surface area contributed by atoms with Gasteiger partial charge in [-0.15, -0.1) is 0 Å². The average molecular weight is 246 g/mol. The lowest BCUT2D eigenvalue weighted by Crippen LogP contribution is -2.60. The highest BCUT2D eigenvalue weighted by atomic mass is 16.3. The van der Waals surface area contributed by atoms with Crippen LogP contribution in [0.1, 0.15) is 24.0 Å². The summed E-state index contributed by atoms with van der Waals surface area (Å²) < 4.78 is 0. The Balaban J connectivity index is 1.94. The minimum atomic E-state index is -0.654. The molecule has 0 bridgehead atoms. The Labute approximate surface area is 108 Å². The van der Waals surface area contributed by atoms with Gasteiger partial charge < -0.3 is 16.2 Å². The van der Waals surface area contributed by atoms with E-state index in [9.17, 15) is 5.11 Å². The fourth-order valence-electron chi connectivity index (χ4n) is 3.70. The summed E-state index contributed by atoms with van der Waals surface area (Å²) in [6.07, 6.45) is 3.73. The third kappa shape index (κ3) is 1.69. The van der Waals surface area contributed by atoms with Gasteiger partial charge in [0.05, 0.1) is 5.60 Å². The van der Waals surface area contributed by atoms with Crippen molar-refractivity contribution in [3.8, 4) is 0 Å². The van der Waals surface area contributed by atoms with Gasteiger partial charge in [0.2, 0.25) is 0 Å². The highest BCUT2D eigenvalue weighted by molar-refractivity contribution is 5.36. The van der Waals surface area contributed by atoms with E-state index in [0.29, 0.717) is 13.1 Å². The number of piperidine rings is 1. The molecular weight excluding hydrogens is 224 g/mol. The zero-order valence-electron chi connectivity index (χ0n) is 10.8. The Hall–Kier alpha value is -0.900. The average Bonchev–Trinajstić information content (AvgIpc) is 2.80. The van der Waals surface area contributed by atoms with Crippen LogP contribution in [0.5, 0.6) is 0 Å². The number of rotatable bonds is 2. The van der Waals surface area contributed by atoms with E-state index < -0.39 is 5.60 Å². The quantitative estimate of drug-likeness (QED) is 0.725. The van der Waals surface area contributed by atoms with Gasteiger partial charge >= 0.3 is 0 Å². The standard InChI is InChI=1S/C15H22N2O/c16-10-14(15(18)6-3-7-17-11-15)8-12-4-1-2-5-13(12)9-14/h1-2,4-5,17-18H,3,6-11,16H2. The number of hydrogen-bond acceptors (Lipinski definition) is 3. The summed E-state index contributed by atoms with van der Waals surface area (Å²) in [6, 6.07) is 8.50. The Kier molecular flexibility index (Phi) is 2.93. The van der Waals surface area contributed by atoms with Crippen LogP contribution in [0.3, 0.4) is 0 Å². The van der Waals surface area contributed by atoms with Crippen molar-refractivity contribution in [3.63, 3.8) is 0 Å². The molecule has 0 saturated carbocycles. The van der Waals surface area contributed by atoms with E-state index in [0.717, 1.165) is 32.2 Å². The number of aliphatic hydroxyl groups is 1. The van der Waals surface area contributed by atoms with Crippen molar-refractivity contribution in [2.75, 3.05) is 19.6 Å². The Morgan fingerprint density at radius 1 is 1.22 bits per heavy atom. The summed E-state index contributed by atoms with van der Waals surface area (Å²) >= 11 is 0. The third-order valence-electron chi connectivity index (χ3n) is 4.92. The molecule has 2 aliphatic rings. The molecule has 4 N–H and O–H groups in total. The minimum Gasteiger partial charge on any atom is -0.388 e. The molecular formula is C15H22N2O. The molecule has 0 spiro atoms. The molecule has 1 aromatic rings. The van der Waals surface area contributed by atoms with Gasteiger partial charge in [-0.3, -0.25) is 0 Å². The van der Waals surface area contributed by atoms with Gasteiger partial charge in [0.25, 0.3) is 0 Å². The lowest BCUT2D eigenvalue weighted by molar-refractivity contribution is -0.0910. The van der Waals surface area contributed by atoms with Crippen molar-refractivity contribution in [1.82, 2.24) is 5.32 Å². The predicted octanol–water partition coefficient (Wildman–Crippen LogP) is 0.845. The molecule has 1 unspecified atom stereocenters. The fourth-order valence-corrected chi connectivity index (χ4v) is 3.70. The van der Waals surface area contributed by atoms with Crippen LogP contribution in [0.2, 0.25) is 0 Å². The first-order valence-corrected chi connectivity index (χ1v) is 6.89. The molecule has 3 heteroatoms. The molecule has 0 aromatic heterocycles. The van der Waals surface area contributed by atoms with E-state index in [2.05, 4.69) is 29.6 Å². The highest BCUT2D eigenvalue weighted by Gasteiger charge is 2.52. The first kappa shape index (κ1) is 12.2. The summed E-state index contributed by atoms with van der Waals surface area (Å²) in [6.45, 7) is 2.24. The van der Waals surface area contributed by atoms with Gasteiger partial charge in [-0.1, -0.05) is 24.3 Å². The molecule has 1 atom stereocenters. The first-order chi connectivity index (χ1) is 8.69. The second-order valence-electron chi connectivity index (χ2n) is 5.92. The summed E-state index contributed by atoms with van der Waals surface area (Å²) in [5.41, 5.74) is 7.97. The summed E-state index contributed by atoms with van der Waals surface area (Å²) in [4.78, 5) is 0. The smallest absolute Gasteiger partial charge is 0.0846 e. The number of nitrogens with two attached hydrogens (primary N) is 1. The molecule has 3 rings (SSSR count). The topological polar surface area (TPSA) is 58.3 Å². The van der Waals surface area contributed by atoms with Crippen LogP contribution in [-0.2, 0) is 12.8 Å². The minimum absolute atomic E-state index is 0.176. The third-order valence-corrected chi connectivity index (χ3v) is 4.92. The van der Waals surface area contributed by atoms with Crippen molar-refractivity contribution in [3.05, 3.63) is 35.4 Å². The van der Waals surface area contributed by atoms with Crippen LogP contribution in [0.15, 0.2) is 24.3 Å². The van der Waals surface area contributed by atoms with Crippen molar-refractivity contribution in [1.29, 1.82) is 0 Å². The summed E-state index contributed by atoms with van der Waals surface area (Å²) in [5, 5.41) is 14.4. The molecule has 1 fully saturated rings. The number of benzene rings is 1. The Bertz CT molecular complexity index is 413. The molecule has 1 aliphatic carbocycles. The predicted molar refractivity (Wildman–Crippen MR) is 72.4 cm³/mol. The number of nitrogens with one attached hydrogen (secondary N) is 1. The number of hydrogen-bond donors (Lipinski definition) is 3. The molecule has 1 heterocycles. The second-order valence-corrected chi connectivity index (χ2v) is 5.92. The van der Waals surface area contributed by atoms with E-state index in [1.54, 1.807) is 0 Å². The number of fused-ring (bicyclic) bond motifs is 1. The van der Waals surface area contributed by atoms with E-state index >= 15 is 0 Å². The normalized spacial score (nSPS) is 30.1. The zero-order chi connectivity index (χ0) is 12.6. The van der Waals surface area contributed by atoms with Crippen molar-refractivity contribution >= 4 is 0 Å². The van der Waals surface area contributed by atoms with Gasteiger partial charge in [-0.25, -0.2) is 0 Å². The van der Waals surface area contributed by atoms with Gasteiger partial charge in [0, 0.05) is 18.5 Å². The maximum absolute atomic E-state index is 11.1. The Morgan fingerprint density at radius 2 is 1.89 bits per heavy atom. The molecule has 98 valence electrons. The maximum atomic E-state index is 11.1. The lowest BCUT2D eigenvalue weighted by atomic mass is 9.66. The van der Waals surface area contributed by atoms with Gasteiger partial charge in [-0.2, -0.15) is 0 Å². The fraction of sp³-hybridized carbons (Fsp3) is 0.600. The van der Waals surface area contributed by atoms with Gasteiger partial charge in [0.15, 0.2) is 0 Å². The van der Waals surface area contributed by atoms with E-state index in [1.807, 2.05) is 0 Å².